The van der Waals surface area contributed by atoms with Gasteiger partial charge in [0.05, 0.1) is 5.56 Å². The molecule has 0 aromatic heterocycles. The van der Waals surface area contributed by atoms with Crippen molar-refractivity contribution in [1.29, 1.82) is 0 Å². The molecule has 106 valence electrons. The Balaban J connectivity index is 2.78. The van der Waals surface area contributed by atoms with Gasteiger partial charge in [0.2, 0.25) is 0 Å². The van der Waals surface area contributed by atoms with E-state index in [1.165, 1.54) is 12.1 Å². The molecule has 1 aromatic rings. The molecular weight excluding hydrogens is 245 g/mol. The van der Waals surface area contributed by atoms with Gasteiger partial charge in [-0.1, -0.05) is 26.8 Å². The summed E-state index contributed by atoms with van der Waals surface area (Å²) in [5.74, 6) is -1.91. The first-order valence-corrected chi connectivity index (χ1v) is 6.74. The molecule has 19 heavy (non-hydrogen) atoms. The largest absolute Gasteiger partial charge is 0.478 e. The van der Waals surface area contributed by atoms with E-state index in [0.29, 0.717) is 6.54 Å². The highest BCUT2D eigenvalue weighted by molar-refractivity contribution is 5.87. The van der Waals surface area contributed by atoms with E-state index in [1.807, 2.05) is 0 Å². The number of carboxylic acid groups (broad SMARTS) is 1. The van der Waals surface area contributed by atoms with Crippen molar-refractivity contribution in [1.82, 2.24) is 5.32 Å². The Hall–Kier alpha value is -1.42. The molecular formula is C15H22FNO2. The smallest absolute Gasteiger partial charge is 0.338 e. The van der Waals surface area contributed by atoms with Gasteiger partial charge in [-0.2, -0.15) is 0 Å². The van der Waals surface area contributed by atoms with E-state index in [1.54, 1.807) is 6.07 Å². The van der Waals surface area contributed by atoms with Gasteiger partial charge in [-0.25, -0.2) is 9.18 Å². The summed E-state index contributed by atoms with van der Waals surface area (Å²) < 4.78 is 13.6. The van der Waals surface area contributed by atoms with Gasteiger partial charge in [0.1, 0.15) is 5.82 Å². The molecule has 0 aliphatic heterocycles. The SMILES string of the molecule is CCC(CC)(CC)NCc1ccc(C(=O)O)c(F)c1. The molecule has 0 atom stereocenters. The molecule has 0 unspecified atom stereocenters. The van der Waals surface area contributed by atoms with Crippen LogP contribution < -0.4 is 5.32 Å². The fourth-order valence-corrected chi connectivity index (χ4v) is 2.26. The van der Waals surface area contributed by atoms with Gasteiger partial charge in [0.25, 0.3) is 0 Å². The molecule has 4 heteroatoms. The molecule has 0 saturated heterocycles. The molecule has 0 aliphatic carbocycles. The third kappa shape index (κ3) is 3.77. The van der Waals surface area contributed by atoms with E-state index < -0.39 is 11.8 Å². The van der Waals surface area contributed by atoms with Crippen LogP contribution in [0.1, 0.15) is 56.0 Å². The molecule has 1 rings (SSSR count). The zero-order valence-corrected chi connectivity index (χ0v) is 11.8. The van der Waals surface area contributed by atoms with Crippen LogP contribution in [-0.4, -0.2) is 16.6 Å². The van der Waals surface area contributed by atoms with Crippen molar-refractivity contribution in [3.8, 4) is 0 Å². The maximum absolute atomic E-state index is 13.6. The number of hydrogen-bond donors (Lipinski definition) is 2. The molecule has 3 nitrogen and oxygen atoms in total. The average molecular weight is 267 g/mol. The van der Waals surface area contributed by atoms with Crippen molar-refractivity contribution in [3.63, 3.8) is 0 Å². The average Bonchev–Trinajstić information content (AvgIpc) is 2.40. The van der Waals surface area contributed by atoms with E-state index in [-0.39, 0.29) is 11.1 Å². The lowest BCUT2D eigenvalue weighted by molar-refractivity contribution is 0.0692. The number of benzene rings is 1. The minimum atomic E-state index is -1.23. The Morgan fingerprint density at radius 1 is 1.26 bits per heavy atom. The highest BCUT2D eigenvalue weighted by Crippen LogP contribution is 2.20. The molecule has 0 bridgehead atoms. The third-order valence-electron chi connectivity index (χ3n) is 3.96. The van der Waals surface area contributed by atoms with Gasteiger partial charge in [-0.15, -0.1) is 0 Å². The zero-order valence-electron chi connectivity index (χ0n) is 11.8. The number of nitrogens with one attached hydrogen (secondary N) is 1. The summed E-state index contributed by atoms with van der Waals surface area (Å²) in [5, 5.41) is 12.2. The van der Waals surface area contributed by atoms with E-state index in [9.17, 15) is 9.18 Å². The van der Waals surface area contributed by atoms with Crippen LogP contribution in [0.15, 0.2) is 18.2 Å². The van der Waals surface area contributed by atoms with Gasteiger partial charge in [-0.3, -0.25) is 0 Å². The van der Waals surface area contributed by atoms with Crippen LogP contribution in [0.2, 0.25) is 0 Å². The van der Waals surface area contributed by atoms with Crippen molar-refractivity contribution in [3.05, 3.63) is 35.1 Å². The topological polar surface area (TPSA) is 49.3 Å². The lowest BCUT2D eigenvalue weighted by Crippen LogP contribution is -2.43. The second-order valence-corrected chi connectivity index (χ2v) is 4.81. The predicted octanol–water partition coefficient (Wildman–Crippen LogP) is 3.58. The van der Waals surface area contributed by atoms with Gasteiger partial charge in [0, 0.05) is 12.1 Å². The number of carboxylic acids is 1. The van der Waals surface area contributed by atoms with Crippen molar-refractivity contribution in [2.75, 3.05) is 0 Å². The van der Waals surface area contributed by atoms with Crippen molar-refractivity contribution >= 4 is 5.97 Å². The van der Waals surface area contributed by atoms with Gasteiger partial charge < -0.3 is 10.4 Å². The summed E-state index contributed by atoms with van der Waals surface area (Å²) in [7, 11) is 0. The molecule has 2 N–H and O–H groups in total. The minimum absolute atomic E-state index is 0.0714. The van der Waals surface area contributed by atoms with Crippen molar-refractivity contribution < 1.29 is 14.3 Å². The summed E-state index contributed by atoms with van der Waals surface area (Å²) in [6.45, 7) is 6.95. The number of carbonyl (C=O) groups is 1. The Kier molecular flexibility index (Phi) is 5.48. The predicted molar refractivity (Wildman–Crippen MR) is 73.8 cm³/mol. The zero-order chi connectivity index (χ0) is 14.5. The van der Waals surface area contributed by atoms with Crippen LogP contribution in [0.25, 0.3) is 0 Å². The highest BCUT2D eigenvalue weighted by Gasteiger charge is 2.22. The second-order valence-electron chi connectivity index (χ2n) is 4.81. The molecule has 0 heterocycles. The lowest BCUT2D eigenvalue weighted by Gasteiger charge is -2.32. The van der Waals surface area contributed by atoms with Crippen molar-refractivity contribution in [2.45, 2.75) is 52.1 Å². The minimum Gasteiger partial charge on any atom is -0.478 e. The third-order valence-corrected chi connectivity index (χ3v) is 3.96. The van der Waals surface area contributed by atoms with Crippen LogP contribution in [0.3, 0.4) is 0 Å². The first-order valence-electron chi connectivity index (χ1n) is 6.74. The fourth-order valence-electron chi connectivity index (χ4n) is 2.26. The van der Waals surface area contributed by atoms with E-state index in [4.69, 9.17) is 5.11 Å². The van der Waals surface area contributed by atoms with Gasteiger partial charge in [0.15, 0.2) is 0 Å². The maximum atomic E-state index is 13.6. The molecule has 0 spiro atoms. The molecule has 0 radical (unpaired) electrons. The molecule has 0 saturated carbocycles. The van der Waals surface area contributed by atoms with Gasteiger partial charge >= 0.3 is 5.97 Å². The molecule has 0 fully saturated rings. The van der Waals surface area contributed by atoms with Crippen LogP contribution >= 0.6 is 0 Å². The van der Waals surface area contributed by atoms with Crippen molar-refractivity contribution in [2.24, 2.45) is 0 Å². The lowest BCUT2D eigenvalue weighted by atomic mass is 9.89. The molecule has 0 aliphatic rings. The molecule has 0 amide bonds. The highest BCUT2D eigenvalue weighted by atomic mass is 19.1. The number of aromatic carboxylic acids is 1. The Bertz CT molecular complexity index is 434. The summed E-state index contributed by atoms with van der Waals surface area (Å²) in [6, 6.07) is 4.27. The van der Waals surface area contributed by atoms with Crippen LogP contribution in [0, 0.1) is 5.82 Å². The van der Waals surface area contributed by atoms with E-state index >= 15 is 0 Å². The molecule has 1 aromatic carbocycles. The first-order chi connectivity index (χ1) is 8.98. The second kappa shape index (κ2) is 6.66. The van der Waals surface area contributed by atoms with E-state index in [0.717, 1.165) is 24.8 Å². The summed E-state index contributed by atoms with van der Waals surface area (Å²) in [6.07, 6.45) is 3.03. The van der Waals surface area contributed by atoms with Crippen LogP contribution in [0.4, 0.5) is 4.39 Å². The van der Waals surface area contributed by atoms with Crippen LogP contribution in [0.5, 0.6) is 0 Å². The monoisotopic (exact) mass is 267 g/mol. The number of halogens is 1. The summed E-state index contributed by atoms with van der Waals surface area (Å²) in [4.78, 5) is 10.7. The quantitative estimate of drug-likeness (QED) is 0.793. The van der Waals surface area contributed by atoms with Crippen LogP contribution in [-0.2, 0) is 6.54 Å². The summed E-state index contributed by atoms with van der Waals surface area (Å²) in [5.41, 5.74) is 0.556. The van der Waals surface area contributed by atoms with Gasteiger partial charge in [-0.05, 0) is 37.0 Å². The maximum Gasteiger partial charge on any atom is 0.338 e. The Morgan fingerprint density at radius 2 is 1.84 bits per heavy atom. The Labute approximate surface area is 113 Å². The number of rotatable bonds is 7. The number of hydrogen-bond acceptors (Lipinski definition) is 2. The van der Waals surface area contributed by atoms with E-state index in [2.05, 4.69) is 26.1 Å². The summed E-state index contributed by atoms with van der Waals surface area (Å²) >= 11 is 0. The first kappa shape index (κ1) is 15.6. The normalized spacial score (nSPS) is 11.6. The fraction of sp³-hybridized carbons (Fsp3) is 0.533. The standard InChI is InChI=1S/C15H22FNO2/c1-4-15(5-2,6-3)17-10-11-7-8-12(14(18)19)13(16)9-11/h7-9,17H,4-6,10H2,1-3H3,(H,18,19). The Morgan fingerprint density at radius 3 is 2.26 bits per heavy atom.